The molecule has 0 radical (unpaired) electrons. The van der Waals surface area contributed by atoms with E-state index in [9.17, 15) is 0 Å². The monoisotopic (exact) mass is 274 g/mol. The van der Waals surface area contributed by atoms with Crippen molar-refractivity contribution in [3.8, 4) is 0 Å². The summed E-state index contributed by atoms with van der Waals surface area (Å²) in [6, 6.07) is 11.5. The van der Waals surface area contributed by atoms with E-state index in [-0.39, 0.29) is 0 Å². The van der Waals surface area contributed by atoms with Crippen molar-refractivity contribution >= 4 is 23.1 Å². The molecule has 2 heterocycles. The van der Waals surface area contributed by atoms with Crippen molar-refractivity contribution in [2.24, 2.45) is 0 Å². The summed E-state index contributed by atoms with van der Waals surface area (Å²) in [5, 5.41) is 19.3. The molecule has 0 aliphatic rings. The summed E-state index contributed by atoms with van der Waals surface area (Å²) in [6.07, 6.45) is 0.871. The van der Waals surface area contributed by atoms with Crippen molar-refractivity contribution < 1.29 is 0 Å². The first-order valence-corrected chi connectivity index (χ1v) is 6.23. The maximum Gasteiger partial charge on any atom is 0.200 e. The smallest absolute Gasteiger partial charge is 0.200 e. The quantitative estimate of drug-likeness (QED) is 0.786. The number of fused-ring (bicyclic) bond motifs is 1. The Labute approximate surface area is 114 Å². The van der Waals surface area contributed by atoms with Crippen LogP contribution in [0.4, 0.5) is 5.82 Å². The number of rotatable bonds is 4. The maximum atomic E-state index is 5.94. The van der Waals surface area contributed by atoms with Gasteiger partial charge in [-0.15, -0.1) is 14.8 Å². The van der Waals surface area contributed by atoms with Gasteiger partial charge in [0.05, 0.1) is 0 Å². The van der Waals surface area contributed by atoms with E-state index in [2.05, 4.69) is 25.9 Å². The van der Waals surface area contributed by atoms with E-state index in [4.69, 9.17) is 11.6 Å². The highest BCUT2D eigenvalue weighted by Gasteiger charge is 2.00. The van der Waals surface area contributed by atoms with Crippen LogP contribution >= 0.6 is 11.6 Å². The van der Waals surface area contributed by atoms with Crippen molar-refractivity contribution in [1.29, 1.82) is 0 Å². The first-order valence-electron chi connectivity index (χ1n) is 5.85. The Balaban J connectivity index is 1.62. The van der Waals surface area contributed by atoms with Crippen molar-refractivity contribution in [2.75, 3.05) is 11.9 Å². The molecule has 3 aromatic rings. The molecule has 0 saturated heterocycles. The molecule has 1 aromatic carbocycles. The maximum absolute atomic E-state index is 5.94. The highest BCUT2D eigenvalue weighted by atomic mass is 35.5. The molecular weight excluding hydrogens is 264 g/mol. The second kappa shape index (κ2) is 5.19. The van der Waals surface area contributed by atoms with E-state index < -0.39 is 0 Å². The number of nitrogens with zero attached hydrogens (tertiary/aromatic N) is 5. The predicted molar refractivity (Wildman–Crippen MR) is 72.2 cm³/mol. The van der Waals surface area contributed by atoms with Gasteiger partial charge in [0.25, 0.3) is 0 Å². The average molecular weight is 275 g/mol. The molecule has 19 heavy (non-hydrogen) atoms. The molecule has 1 N–H and O–H groups in total. The molecule has 0 amide bonds. The van der Waals surface area contributed by atoms with E-state index >= 15 is 0 Å². The Kier molecular flexibility index (Phi) is 3.24. The number of aromatic nitrogens is 5. The summed E-state index contributed by atoms with van der Waals surface area (Å²) in [5.41, 5.74) is 1.81. The second-order valence-electron chi connectivity index (χ2n) is 4.05. The number of halogens is 1. The number of hydrogen-bond acceptors (Lipinski definition) is 5. The fourth-order valence-corrected chi connectivity index (χ4v) is 1.98. The Bertz CT molecular complexity index is 695. The lowest BCUT2D eigenvalue weighted by atomic mass is 10.1. The summed E-state index contributed by atoms with van der Waals surface area (Å²) in [7, 11) is 0. The van der Waals surface area contributed by atoms with Crippen LogP contribution in [0.1, 0.15) is 5.56 Å². The van der Waals surface area contributed by atoms with Gasteiger partial charge in [0.15, 0.2) is 5.65 Å². The Morgan fingerprint density at radius 3 is 3.05 bits per heavy atom. The number of hydrogen-bond donors (Lipinski definition) is 1. The zero-order valence-corrected chi connectivity index (χ0v) is 10.7. The van der Waals surface area contributed by atoms with Gasteiger partial charge in [0.2, 0.25) is 0 Å². The molecule has 0 aliphatic carbocycles. The number of anilines is 1. The molecule has 3 rings (SSSR count). The molecule has 96 valence electrons. The van der Waals surface area contributed by atoms with Gasteiger partial charge in [-0.2, -0.15) is 0 Å². The summed E-state index contributed by atoms with van der Waals surface area (Å²) in [6.45, 7) is 0.765. The Morgan fingerprint density at radius 1 is 1.21 bits per heavy atom. The summed E-state index contributed by atoms with van der Waals surface area (Å²) < 4.78 is 1.39. The number of tetrazole rings is 1. The predicted octanol–water partition coefficient (Wildman–Crippen LogP) is 1.83. The van der Waals surface area contributed by atoms with Gasteiger partial charge in [0, 0.05) is 11.6 Å². The molecule has 6 nitrogen and oxygen atoms in total. The van der Waals surface area contributed by atoms with Crippen LogP contribution in [0, 0.1) is 0 Å². The van der Waals surface area contributed by atoms with Gasteiger partial charge in [-0.3, -0.25) is 0 Å². The largest absolute Gasteiger partial charge is 0.368 e. The van der Waals surface area contributed by atoms with Crippen molar-refractivity contribution in [3.63, 3.8) is 0 Å². The molecule has 0 spiro atoms. The van der Waals surface area contributed by atoms with Gasteiger partial charge >= 0.3 is 0 Å². The third-order valence-electron chi connectivity index (χ3n) is 2.68. The molecule has 0 bridgehead atoms. The fourth-order valence-electron chi connectivity index (χ4n) is 1.77. The van der Waals surface area contributed by atoms with Crippen molar-refractivity contribution in [3.05, 3.63) is 47.0 Å². The lowest BCUT2D eigenvalue weighted by molar-refractivity contribution is 0.733. The Morgan fingerprint density at radius 2 is 2.16 bits per heavy atom. The second-order valence-corrected chi connectivity index (χ2v) is 4.49. The van der Waals surface area contributed by atoms with E-state index in [1.807, 2.05) is 36.4 Å². The number of nitrogens with one attached hydrogen (secondary N) is 1. The fraction of sp³-hybridized carbons (Fsp3) is 0.167. The van der Waals surface area contributed by atoms with Gasteiger partial charge in [-0.05, 0) is 46.7 Å². The average Bonchev–Trinajstić information content (AvgIpc) is 2.86. The van der Waals surface area contributed by atoms with Crippen LogP contribution in [0.25, 0.3) is 5.65 Å². The van der Waals surface area contributed by atoms with Crippen LogP contribution in [-0.2, 0) is 6.42 Å². The van der Waals surface area contributed by atoms with E-state index in [1.54, 1.807) is 0 Å². The van der Waals surface area contributed by atoms with Crippen LogP contribution in [-0.4, -0.2) is 31.8 Å². The molecule has 0 aliphatic heterocycles. The minimum atomic E-state index is 0.625. The zero-order chi connectivity index (χ0) is 13.1. The molecule has 0 fully saturated rings. The van der Waals surface area contributed by atoms with Crippen LogP contribution in [0.3, 0.4) is 0 Å². The van der Waals surface area contributed by atoms with Crippen molar-refractivity contribution in [2.45, 2.75) is 6.42 Å². The lowest BCUT2D eigenvalue weighted by Gasteiger charge is -2.05. The van der Waals surface area contributed by atoms with Gasteiger partial charge < -0.3 is 5.32 Å². The molecule has 0 atom stereocenters. The minimum absolute atomic E-state index is 0.625. The highest BCUT2D eigenvalue weighted by Crippen LogP contribution is 2.11. The van der Waals surface area contributed by atoms with Gasteiger partial charge in [-0.25, -0.2) is 0 Å². The first-order chi connectivity index (χ1) is 9.31. The van der Waals surface area contributed by atoms with Gasteiger partial charge in [0.1, 0.15) is 5.82 Å². The topological polar surface area (TPSA) is 68.0 Å². The summed E-state index contributed by atoms with van der Waals surface area (Å²) in [4.78, 5) is 0. The third kappa shape index (κ3) is 2.79. The standard InChI is InChI=1S/C12H11ClN6/c13-10-3-1-2-9(8-10)6-7-14-11-4-5-12-15-17-18-19(12)16-11/h1-5,8H,6-7H2,(H,14,16). The van der Waals surface area contributed by atoms with E-state index in [0.29, 0.717) is 5.65 Å². The normalized spacial score (nSPS) is 10.8. The molecule has 0 unspecified atom stereocenters. The molecule has 0 saturated carbocycles. The summed E-state index contributed by atoms with van der Waals surface area (Å²) in [5.74, 6) is 0.738. The van der Waals surface area contributed by atoms with Crippen LogP contribution < -0.4 is 5.32 Å². The summed E-state index contributed by atoms with van der Waals surface area (Å²) >= 11 is 5.94. The highest BCUT2D eigenvalue weighted by molar-refractivity contribution is 6.30. The minimum Gasteiger partial charge on any atom is -0.368 e. The van der Waals surface area contributed by atoms with E-state index in [1.165, 1.54) is 10.2 Å². The first kappa shape index (κ1) is 11.9. The Hall–Kier alpha value is -2.21. The SMILES string of the molecule is Clc1cccc(CCNc2ccc3nnnn3n2)c1. The molecule has 2 aromatic heterocycles. The number of benzene rings is 1. The lowest BCUT2D eigenvalue weighted by Crippen LogP contribution is -2.08. The van der Waals surface area contributed by atoms with Crippen LogP contribution in [0.5, 0.6) is 0 Å². The molecule has 7 heteroatoms. The zero-order valence-electron chi connectivity index (χ0n) is 9.99. The van der Waals surface area contributed by atoms with Crippen molar-refractivity contribution in [1.82, 2.24) is 25.3 Å². The van der Waals surface area contributed by atoms with Crippen LogP contribution in [0.2, 0.25) is 5.02 Å². The van der Waals surface area contributed by atoms with Crippen LogP contribution in [0.15, 0.2) is 36.4 Å². The van der Waals surface area contributed by atoms with Gasteiger partial charge in [-0.1, -0.05) is 23.7 Å². The van der Waals surface area contributed by atoms with E-state index in [0.717, 1.165) is 23.8 Å². The third-order valence-corrected chi connectivity index (χ3v) is 2.91. The molecular formula is C12H11ClN6.